The van der Waals surface area contributed by atoms with Crippen LogP contribution < -0.4 is 10.1 Å². The van der Waals surface area contributed by atoms with Crippen LogP contribution in [0.4, 0.5) is 0 Å². The zero-order valence-corrected chi connectivity index (χ0v) is 19.3. The molecule has 0 aliphatic carbocycles. The minimum atomic E-state index is -3.39. The third kappa shape index (κ3) is 6.31. The third-order valence-electron chi connectivity index (χ3n) is 5.70. The Morgan fingerprint density at radius 3 is 2.45 bits per heavy atom. The topological polar surface area (TPSA) is 75.7 Å². The second-order valence-electron chi connectivity index (χ2n) is 8.15. The number of carbonyl (C=O) groups is 1. The van der Waals surface area contributed by atoms with Crippen LogP contribution >= 0.6 is 0 Å². The van der Waals surface area contributed by atoms with Gasteiger partial charge in [-0.1, -0.05) is 42.0 Å². The van der Waals surface area contributed by atoms with E-state index in [-0.39, 0.29) is 23.6 Å². The van der Waals surface area contributed by atoms with E-state index in [1.165, 1.54) is 4.31 Å². The smallest absolute Gasteiger partial charge is 0.223 e. The summed E-state index contributed by atoms with van der Waals surface area (Å²) in [6.07, 6.45) is 1.07. The minimum absolute atomic E-state index is 0.000316. The lowest BCUT2D eigenvalue weighted by atomic mass is 9.96. The van der Waals surface area contributed by atoms with Gasteiger partial charge in [-0.25, -0.2) is 12.7 Å². The average molecular weight is 445 g/mol. The quantitative estimate of drug-likeness (QED) is 0.672. The summed E-state index contributed by atoms with van der Waals surface area (Å²) in [4.78, 5) is 12.7. The van der Waals surface area contributed by atoms with E-state index in [0.717, 1.165) is 22.4 Å². The number of piperidine rings is 1. The maximum Gasteiger partial charge on any atom is 0.223 e. The molecule has 3 rings (SSSR count). The first-order valence-corrected chi connectivity index (χ1v) is 12.5. The average Bonchev–Trinajstić information content (AvgIpc) is 2.74. The predicted molar refractivity (Wildman–Crippen MR) is 122 cm³/mol. The van der Waals surface area contributed by atoms with E-state index in [4.69, 9.17) is 4.74 Å². The molecule has 7 heteroatoms. The molecule has 1 heterocycles. The van der Waals surface area contributed by atoms with Gasteiger partial charge in [0.2, 0.25) is 15.9 Å². The molecule has 0 radical (unpaired) electrons. The number of rotatable bonds is 8. The molecule has 1 saturated heterocycles. The third-order valence-corrected chi connectivity index (χ3v) is 7.55. The highest BCUT2D eigenvalue weighted by Crippen LogP contribution is 2.24. The molecule has 1 N–H and O–H groups in total. The van der Waals surface area contributed by atoms with E-state index in [1.807, 2.05) is 69.3 Å². The highest BCUT2D eigenvalue weighted by molar-refractivity contribution is 7.88. The molecule has 1 unspecified atom stereocenters. The Labute approximate surface area is 185 Å². The van der Waals surface area contributed by atoms with Crippen LogP contribution in [0.5, 0.6) is 5.75 Å². The van der Waals surface area contributed by atoms with Gasteiger partial charge in [0.05, 0.1) is 18.4 Å². The number of nitrogens with zero attached hydrogens (tertiary/aromatic N) is 1. The summed E-state index contributed by atoms with van der Waals surface area (Å²) in [6.45, 7) is 7.22. The van der Waals surface area contributed by atoms with E-state index < -0.39 is 10.0 Å². The van der Waals surface area contributed by atoms with Gasteiger partial charge in [-0.2, -0.15) is 0 Å². The summed E-state index contributed by atoms with van der Waals surface area (Å²) >= 11 is 0. The molecule has 31 heavy (non-hydrogen) atoms. The van der Waals surface area contributed by atoms with Gasteiger partial charge in [0.25, 0.3) is 0 Å². The normalized spacial score (nSPS) is 16.6. The van der Waals surface area contributed by atoms with Crippen molar-refractivity contribution >= 4 is 15.9 Å². The number of hydrogen-bond donors (Lipinski definition) is 1. The van der Waals surface area contributed by atoms with Crippen molar-refractivity contribution in [1.29, 1.82) is 0 Å². The number of ether oxygens (including phenoxy) is 1. The number of benzene rings is 2. The van der Waals surface area contributed by atoms with Gasteiger partial charge >= 0.3 is 0 Å². The van der Waals surface area contributed by atoms with Crippen LogP contribution in [0.25, 0.3) is 0 Å². The second kappa shape index (κ2) is 10.3. The number of amides is 1. The molecule has 2 aromatic rings. The molecule has 1 aliphatic heterocycles. The fourth-order valence-corrected chi connectivity index (χ4v) is 5.48. The van der Waals surface area contributed by atoms with Crippen molar-refractivity contribution in [2.45, 2.75) is 45.4 Å². The molecule has 0 bridgehead atoms. The molecule has 1 amide bonds. The molecule has 168 valence electrons. The first-order chi connectivity index (χ1) is 14.8. The van der Waals surface area contributed by atoms with Crippen molar-refractivity contribution in [3.05, 3.63) is 65.2 Å². The molecule has 1 aliphatic rings. The van der Waals surface area contributed by atoms with Crippen LogP contribution in [0.3, 0.4) is 0 Å². The van der Waals surface area contributed by atoms with Gasteiger partial charge in [-0.3, -0.25) is 4.79 Å². The van der Waals surface area contributed by atoms with Crippen LogP contribution in [0.1, 0.15) is 49.4 Å². The molecule has 1 fully saturated rings. The van der Waals surface area contributed by atoms with Gasteiger partial charge < -0.3 is 10.1 Å². The lowest BCUT2D eigenvalue weighted by Gasteiger charge is -2.31. The molecule has 0 aromatic heterocycles. The predicted octanol–water partition coefficient (Wildman–Crippen LogP) is 3.81. The van der Waals surface area contributed by atoms with Crippen molar-refractivity contribution in [2.75, 3.05) is 19.7 Å². The number of sulfonamides is 1. The highest BCUT2D eigenvalue weighted by atomic mass is 32.2. The Morgan fingerprint density at radius 2 is 1.84 bits per heavy atom. The minimum Gasteiger partial charge on any atom is -0.494 e. The fraction of sp³-hybridized carbons (Fsp3) is 0.458. The standard InChI is InChI=1S/C24H32N2O4S/c1-4-30-23-10-8-21(9-11-23)19(3)25-24(27)22-12-14-26(15-13-22)31(28,29)17-20-7-5-6-18(2)16-20/h5-11,16,19,22H,4,12-15,17H2,1-3H3,(H,25,27). The van der Waals surface area contributed by atoms with Crippen LogP contribution in [0, 0.1) is 12.8 Å². The van der Waals surface area contributed by atoms with Crippen LogP contribution in [0.2, 0.25) is 0 Å². The number of hydrogen-bond acceptors (Lipinski definition) is 4. The van der Waals surface area contributed by atoms with E-state index in [0.29, 0.717) is 32.5 Å². The van der Waals surface area contributed by atoms with E-state index >= 15 is 0 Å². The Bertz CT molecular complexity index is 981. The van der Waals surface area contributed by atoms with Crippen LogP contribution in [0.15, 0.2) is 48.5 Å². The van der Waals surface area contributed by atoms with Crippen LogP contribution in [-0.4, -0.2) is 38.3 Å². The summed E-state index contributed by atoms with van der Waals surface area (Å²) in [5.74, 6) is 0.622. The largest absolute Gasteiger partial charge is 0.494 e. The molecule has 6 nitrogen and oxygen atoms in total. The van der Waals surface area contributed by atoms with Crippen molar-refractivity contribution in [1.82, 2.24) is 9.62 Å². The summed E-state index contributed by atoms with van der Waals surface area (Å²) in [5.41, 5.74) is 2.85. The van der Waals surface area contributed by atoms with E-state index in [1.54, 1.807) is 0 Å². The van der Waals surface area contributed by atoms with Crippen molar-refractivity contribution in [3.8, 4) is 5.75 Å². The Kier molecular flexibility index (Phi) is 7.73. The Morgan fingerprint density at radius 1 is 1.16 bits per heavy atom. The second-order valence-corrected chi connectivity index (χ2v) is 10.1. The summed E-state index contributed by atoms with van der Waals surface area (Å²) in [7, 11) is -3.39. The molecular formula is C24H32N2O4S. The zero-order chi connectivity index (χ0) is 22.4. The monoisotopic (exact) mass is 444 g/mol. The maximum atomic E-state index is 12.8. The molecular weight excluding hydrogens is 412 g/mol. The Balaban J connectivity index is 1.52. The summed E-state index contributed by atoms with van der Waals surface area (Å²) in [6, 6.07) is 15.2. The number of carbonyl (C=O) groups excluding carboxylic acids is 1. The zero-order valence-electron chi connectivity index (χ0n) is 18.5. The first-order valence-electron chi connectivity index (χ1n) is 10.8. The molecule has 1 atom stereocenters. The lowest BCUT2D eigenvalue weighted by molar-refractivity contribution is -0.126. The van der Waals surface area contributed by atoms with Crippen molar-refractivity contribution < 1.29 is 17.9 Å². The molecule has 2 aromatic carbocycles. The van der Waals surface area contributed by atoms with Gasteiger partial charge in [0.15, 0.2) is 0 Å². The van der Waals surface area contributed by atoms with E-state index in [9.17, 15) is 13.2 Å². The maximum absolute atomic E-state index is 12.8. The lowest BCUT2D eigenvalue weighted by Crippen LogP contribution is -2.43. The van der Waals surface area contributed by atoms with Gasteiger partial charge in [-0.15, -0.1) is 0 Å². The molecule has 0 saturated carbocycles. The Hall–Kier alpha value is -2.38. The highest BCUT2D eigenvalue weighted by Gasteiger charge is 2.31. The fourth-order valence-electron chi connectivity index (χ4n) is 3.93. The number of nitrogens with one attached hydrogen (secondary N) is 1. The van der Waals surface area contributed by atoms with Crippen molar-refractivity contribution in [3.63, 3.8) is 0 Å². The SMILES string of the molecule is CCOc1ccc(C(C)NC(=O)C2CCN(S(=O)(=O)Cc3cccc(C)c3)CC2)cc1. The molecule has 0 spiro atoms. The van der Waals surface area contributed by atoms with Crippen molar-refractivity contribution in [2.24, 2.45) is 5.92 Å². The van der Waals surface area contributed by atoms with Gasteiger partial charge in [-0.05, 0) is 56.9 Å². The number of aryl methyl sites for hydroxylation is 1. The van der Waals surface area contributed by atoms with Gasteiger partial charge in [0.1, 0.15) is 5.75 Å². The summed E-state index contributed by atoms with van der Waals surface area (Å²) in [5, 5.41) is 3.07. The van der Waals surface area contributed by atoms with Gasteiger partial charge in [0, 0.05) is 19.0 Å². The summed E-state index contributed by atoms with van der Waals surface area (Å²) < 4.78 is 32.6. The first kappa shape index (κ1) is 23.3. The van der Waals surface area contributed by atoms with E-state index in [2.05, 4.69) is 5.32 Å². The van der Waals surface area contributed by atoms with Crippen LogP contribution in [-0.2, 0) is 20.6 Å².